The van der Waals surface area contributed by atoms with Crippen LogP contribution in [0.5, 0.6) is 0 Å². The van der Waals surface area contributed by atoms with Gasteiger partial charge in [0.15, 0.2) is 0 Å². The predicted octanol–water partition coefficient (Wildman–Crippen LogP) is 4.05. The molecule has 5 rings (SSSR count). The molecule has 2 aromatic heterocycles. The fraction of sp³-hybridized carbons (Fsp3) is 0.480. The van der Waals surface area contributed by atoms with Crippen LogP contribution in [-0.4, -0.2) is 52.0 Å². The molecule has 0 radical (unpaired) electrons. The van der Waals surface area contributed by atoms with E-state index in [4.69, 9.17) is 0 Å². The number of fused-ring (bicyclic) bond motifs is 2. The average molecular weight is 434 g/mol. The summed E-state index contributed by atoms with van der Waals surface area (Å²) < 4.78 is 0. The maximum Gasteiger partial charge on any atom is 0.228 e. The monoisotopic (exact) mass is 433 g/mol. The maximum atomic E-state index is 12.7. The molecular formula is C25H31N5O2. The minimum absolute atomic E-state index is 0.0137. The molecule has 168 valence electrons. The van der Waals surface area contributed by atoms with Crippen LogP contribution in [0.2, 0.25) is 0 Å². The minimum atomic E-state index is 0.0137. The van der Waals surface area contributed by atoms with Gasteiger partial charge in [-0.25, -0.2) is 0 Å². The number of aromatic nitrogens is 3. The summed E-state index contributed by atoms with van der Waals surface area (Å²) in [7, 11) is 1.80. The van der Waals surface area contributed by atoms with Gasteiger partial charge in [-0.1, -0.05) is 19.9 Å². The van der Waals surface area contributed by atoms with Crippen LogP contribution in [0.3, 0.4) is 0 Å². The Morgan fingerprint density at radius 1 is 1.25 bits per heavy atom. The third-order valence-electron chi connectivity index (χ3n) is 7.05. The summed E-state index contributed by atoms with van der Waals surface area (Å²) in [5.41, 5.74) is 6.72. The van der Waals surface area contributed by atoms with E-state index in [1.165, 1.54) is 11.3 Å². The third kappa shape index (κ3) is 3.80. The molecule has 0 saturated carbocycles. The number of hydrogen-bond acceptors (Lipinski definition) is 3. The number of amides is 2. The van der Waals surface area contributed by atoms with E-state index in [2.05, 4.69) is 35.1 Å². The Morgan fingerprint density at radius 3 is 2.88 bits per heavy atom. The number of carbonyl (C=O) groups is 2. The standard InChI is InChI=1S/C25H31N5O2/c1-25(2)10-8-18-21(15-25)27-28-24(18)20-13-16-6-7-17(14-19(16)26-20)29(3)22(31)9-12-30-11-4-5-23(30)32/h6-7,13-14,26H,4-5,8-12,15H2,1-3H3,(H,27,28). The first-order chi connectivity index (χ1) is 15.3. The van der Waals surface area contributed by atoms with Crippen LogP contribution >= 0.6 is 0 Å². The van der Waals surface area contributed by atoms with Gasteiger partial charge < -0.3 is 14.8 Å². The lowest BCUT2D eigenvalue weighted by atomic mass is 9.76. The Bertz CT molecular complexity index is 1190. The Hall–Kier alpha value is -3.09. The fourth-order valence-corrected chi connectivity index (χ4v) is 5.00. The number of aromatic amines is 2. The lowest BCUT2D eigenvalue weighted by molar-refractivity contribution is -0.128. The summed E-state index contributed by atoms with van der Waals surface area (Å²) >= 11 is 0. The van der Waals surface area contributed by atoms with E-state index < -0.39 is 0 Å². The fourth-order valence-electron chi connectivity index (χ4n) is 5.00. The van der Waals surface area contributed by atoms with E-state index in [9.17, 15) is 9.59 Å². The van der Waals surface area contributed by atoms with Crippen LogP contribution in [0.4, 0.5) is 5.69 Å². The van der Waals surface area contributed by atoms with Crippen LogP contribution in [0.25, 0.3) is 22.3 Å². The maximum absolute atomic E-state index is 12.7. The minimum Gasteiger partial charge on any atom is -0.353 e. The predicted molar refractivity (Wildman–Crippen MR) is 126 cm³/mol. The molecule has 32 heavy (non-hydrogen) atoms. The number of nitrogens with one attached hydrogen (secondary N) is 2. The largest absolute Gasteiger partial charge is 0.353 e. The van der Waals surface area contributed by atoms with Crippen LogP contribution in [0, 0.1) is 5.41 Å². The van der Waals surface area contributed by atoms with Gasteiger partial charge in [0.1, 0.15) is 5.69 Å². The zero-order valence-corrected chi connectivity index (χ0v) is 19.1. The highest BCUT2D eigenvalue weighted by molar-refractivity contribution is 5.96. The van der Waals surface area contributed by atoms with Gasteiger partial charge in [0.25, 0.3) is 0 Å². The molecule has 7 nitrogen and oxygen atoms in total. The number of carbonyl (C=O) groups excluding carboxylic acids is 2. The molecular weight excluding hydrogens is 402 g/mol. The zero-order chi connectivity index (χ0) is 22.5. The number of benzene rings is 1. The number of nitrogens with zero attached hydrogens (tertiary/aromatic N) is 3. The number of rotatable bonds is 5. The highest BCUT2D eigenvalue weighted by Crippen LogP contribution is 2.38. The molecule has 1 aromatic carbocycles. The van der Waals surface area contributed by atoms with Gasteiger partial charge in [0.2, 0.25) is 11.8 Å². The van der Waals surface area contributed by atoms with E-state index >= 15 is 0 Å². The first-order valence-corrected chi connectivity index (χ1v) is 11.5. The molecule has 3 heterocycles. The van der Waals surface area contributed by atoms with Crippen molar-refractivity contribution in [3.63, 3.8) is 0 Å². The second-order valence-electron chi connectivity index (χ2n) is 10.0. The summed E-state index contributed by atoms with van der Waals surface area (Å²) in [6.07, 6.45) is 5.05. The third-order valence-corrected chi connectivity index (χ3v) is 7.05. The van der Waals surface area contributed by atoms with Crippen LogP contribution in [0.15, 0.2) is 24.3 Å². The summed E-state index contributed by atoms with van der Waals surface area (Å²) in [4.78, 5) is 31.5. The van der Waals surface area contributed by atoms with Crippen molar-refractivity contribution in [2.24, 2.45) is 5.41 Å². The van der Waals surface area contributed by atoms with Crippen LogP contribution in [-0.2, 0) is 22.4 Å². The molecule has 0 unspecified atom stereocenters. The van der Waals surface area contributed by atoms with Crippen LogP contribution < -0.4 is 4.90 Å². The summed E-state index contributed by atoms with van der Waals surface area (Å²) in [6, 6.07) is 8.16. The van der Waals surface area contributed by atoms with E-state index in [0.29, 0.717) is 24.8 Å². The normalized spacial score (nSPS) is 17.7. The van der Waals surface area contributed by atoms with E-state index in [1.54, 1.807) is 16.8 Å². The van der Waals surface area contributed by atoms with Gasteiger partial charge in [-0.05, 0) is 49.3 Å². The summed E-state index contributed by atoms with van der Waals surface area (Å²) in [5.74, 6) is 0.171. The van der Waals surface area contributed by atoms with Crippen molar-refractivity contribution in [2.45, 2.75) is 52.4 Å². The van der Waals surface area contributed by atoms with Crippen molar-refractivity contribution < 1.29 is 9.59 Å². The average Bonchev–Trinajstić information content (AvgIpc) is 3.47. The highest BCUT2D eigenvalue weighted by atomic mass is 16.2. The van der Waals surface area contributed by atoms with Crippen LogP contribution in [0.1, 0.15) is 50.8 Å². The molecule has 2 aliphatic rings. The Kier molecular flexibility index (Phi) is 5.07. The second-order valence-corrected chi connectivity index (χ2v) is 10.0. The van der Waals surface area contributed by atoms with Crippen molar-refractivity contribution >= 4 is 28.4 Å². The van der Waals surface area contributed by atoms with E-state index in [-0.39, 0.29) is 11.8 Å². The van der Waals surface area contributed by atoms with Crippen molar-refractivity contribution in [2.75, 3.05) is 25.0 Å². The van der Waals surface area contributed by atoms with Gasteiger partial charge >= 0.3 is 0 Å². The van der Waals surface area contributed by atoms with Crippen molar-refractivity contribution in [1.82, 2.24) is 20.1 Å². The van der Waals surface area contributed by atoms with Crippen molar-refractivity contribution in [1.29, 1.82) is 0 Å². The first-order valence-electron chi connectivity index (χ1n) is 11.5. The Labute approximate surface area is 188 Å². The van der Waals surface area contributed by atoms with E-state index in [1.807, 2.05) is 18.2 Å². The van der Waals surface area contributed by atoms with Gasteiger partial charge in [-0.2, -0.15) is 5.10 Å². The summed E-state index contributed by atoms with van der Waals surface area (Å²) in [5, 5.41) is 8.99. The summed E-state index contributed by atoms with van der Waals surface area (Å²) in [6.45, 7) is 5.88. The van der Waals surface area contributed by atoms with Gasteiger partial charge in [0.05, 0.1) is 5.69 Å². The zero-order valence-electron chi connectivity index (χ0n) is 19.1. The van der Waals surface area contributed by atoms with E-state index in [0.717, 1.165) is 60.2 Å². The molecule has 1 saturated heterocycles. The molecule has 2 N–H and O–H groups in total. The molecule has 1 aliphatic carbocycles. The smallest absolute Gasteiger partial charge is 0.228 e. The lowest BCUT2D eigenvalue weighted by Gasteiger charge is -2.28. The number of hydrogen-bond donors (Lipinski definition) is 2. The number of H-pyrrole nitrogens is 2. The number of anilines is 1. The van der Waals surface area contributed by atoms with Crippen molar-refractivity contribution in [3.05, 3.63) is 35.5 Å². The molecule has 1 aliphatic heterocycles. The molecule has 3 aromatic rings. The molecule has 0 bridgehead atoms. The highest BCUT2D eigenvalue weighted by Gasteiger charge is 2.29. The van der Waals surface area contributed by atoms with Gasteiger partial charge in [-0.15, -0.1) is 0 Å². The molecule has 0 spiro atoms. The van der Waals surface area contributed by atoms with Gasteiger partial charge in [0, 0.05) is 60.8 Å². The molecule has 0 atom stereocenters. The lowest BCUT2D eigenvalue weighted by Crippen LogP contribution is -2.32. The number of likely N-dealkylation sites (tertiary alicyclic amines) is 1. The molecule has 2 amide bonds. The van der Waals surface area contributed by atoms with Crippen molar-refractivity contribution in [3.8, 4) is 11.4 Å². The van der Waals surface area contributed by atoms with Gasteiger partial charge in [-0.3, -0.25) is 14.7 Å². The second kappa shape index (κ2) is 7.80. The first kappa shape index (κ1) is 20.8. The quantitative estimate of drug-likeness (QED) is 0.637. The topological polar surface area (TPSA) is 85.1 Å². The SMILES string of the molecule is CN(C(=O)CCN1CCCC1=O)c1ccc2cc(-c3n[nH]c4c3CCC(C)(C)C4)[nH]c2c1. The molecule has 1 fully saturated rings. The molecule has 7 heteroatoms. The Balaban J connectivity index is 1.34. The Morgan fingerprint density at radius 2 is 2.09 bits per heavy atom.